The Kier molecular flexibility index (Phi) is 4.40. The van der Waals surface area contributed by atoms with Gasteiger partial charge in [-0.15, -0.1) is 0 Å². The van der Waals surface area contributed by atoms with Gasteiger partial charge in [-0.1, -0.05) is 12.1 Å². The first kappa shape index (κ1) is 14.1. The highest BCUT2D eigenvalue weighted by Crippen LogP contribution is 2.15. The van der Waals surface area contributed by atoms with E-state index >= 15 is 0 Å². The summed E-state index contributed by atoms with van der Waals surface area (Å²) < 4.78 is 43.5. The summed E-state index contributed by atoms with van der Waals surface area (Å²) in [5.41, 5.74) is 0.644. The van der Waals surface area contributed by atoms with Crippen LogP contribution in [0.15, 0.2) is 42.5 Å². The molecule has 0 amide bonds. The monoisotopic (exact) mass is 280 g/mol. The molecule has 0 fully saturated rings. The Morgan fingerprint density at radius 2 is 1.50 bits per heavy atom. The molecule has 0 heterocycles. The number of ketones is 1. The van der Waals surface area contributed by atoms with Crippen molar-refractivity contribution >= 4 is 5.78 Å². The van der Waals surface area contributed by atoms with E-state index in [0.29, 0.717) is 11.6 Å². The van der Waals surface area contributed by atoms with Gasteiger partial charge >= 0.3 is 0 Å². The molecule has 0 bridgehead atoms. The fourth-order valence-electron chi connectivity index (χ4n) is 1.66. The maximum absolute atomic E-state index is 12.9. The van der Waals surface area contributed by atoms with Crippen molar-refractivity contribution in [1.82, 2.24) is 0 Å². The molecule has 0 spiro atoms. The number of rotatable bonds is 5. The Hall–Kier alpha value is -2.30. The minimum Gasteiger partial charge on any atom is -0.486 e. The van der Waals surface area contributed by atoms with Gasteiger partial charge in [-0.25, -0.2) is 13.2 Å². The van der Waals surface area contributed by atoms with Gasteiger partial charge in [0, 0.05) is 24.6 Å². The summed E-state index contributed by atoms with van der Waals surface area (Å²) >= 11 is 0. The lowest BCUT2D eigenvalue weighted by molar-refractivity contribution is -0.120. The van der Waals surface area contributed by atoms with E-state index in [1.54, 1.807) is 0 Å². The third kappa shape index (κ3) is 4.12. The average Bonchev–Trinajstić information content (AvgIpc) is 2.38. The van der Waals surface area contributed by atoms with Crippen LogP contribution in [-0.2, 0) is 11.2 Å². The third-order valence-corrected chi connectivity index (χ3v) is 2.55. The highest BCUT2D eigenvalue weighted by atomic mass is 19.1. The zero-order valence-corrected chi connectivity index (χ0v) is 10.4. The lowest BCUT2D eigenvalue weighted by Gasteiger charge is -2.06. The zero-order valence-electron chi connectivity index (χ0n) is 10.4. The molecular formula is C15H11F3O2. The van der Waals surface area contributed by atoms with E-state index in [0.717, 1.165) is 12.1 Å². The molecule has 2 rings (SSSR count). The van der Waals surface area contributed by atoms with Crippen LogP contribution in [0.2, 0.25) is 0 Å². The van der Waals surface area contributed by atoms with Crippen LogP contribution < -0.4 is 4.74 Å². The first-order valence-corrected chi connectivity index (χ1v) is 5.88. The molecule has 0 N–H and O–H groups in total. The Morgan fingerprint density at radius 3 is 2.10 bits per heavy atom. The molecule has 2 nitrogen and oxygen atoms in total. The molecule has 0 aliphatic carbocycles. The number of Topliss-reactive ketones (excluding diaryl/α,β-unsaturated/α-hetero) is 1. The van der Waals surface area contributed by atoms with E-state index in [-0.39, 0.29) is 30.4 Å². The highest BCUT2D eigenvalue weighted by molar-refractivity contribution is 5.82. The van der Waals surface area contributed by atoms with Gasteiger partial charge in [-0.05, 0) is 17.7 Å². The first-order chi connectivity index (χ1) is 9.52. The van der Waals surface area contributed by atoms with E-state index in [1.807, 2.05) is 0 Å². The molecule has 104 valence electrons. The van der Waals surface area contributed by atoms with Gasteiger partial charge < -0.3 is 4.74 Å². The smallest absolute Gasteiger partial charge is 0.174 e. The minimum atomic E-state index is -0.772. The predicted molar refractivity (Wildman–Crippen MR) is 67.0 cm³/mol. The summed E-state index contributed by atoms with van der Waals surface area (Å²) in [4.78, 5) is 11.6. The molecule has 0 aliphatic heterocycles. The SMILES string of the molecule is O=C(COc1cc(F)cc(F)c1)Cc1ccc(F)cc1. The fourth-order valence-corrected chi connectivity index (χ4v) is 1.66. The second-order valence-electron chi connectivity index (χ2n) is 4.24. The summed E-state index contributed by atoms with van der Waals surface area (Å²) in [6.45, 7) is -0.305. The summed E-state index contributed by atoms with van der Waals surface area (Å²) in [6.07, 6.45) is 0.0675. The van der Waals surface area contributed by atoms with Crippen LogP contribution >= 0.6 is 0 Å². The van der Waals surface area contributed by atoms with Crippen molar-refractivity contribution < 1.29 is 22.7 Å². The van der Waals surface area contributed by atoms with Crippen molar-refractivity contribution in [3.8, 4) is 5.75 Å². The first-order valence-electron chi connectivity index (χ1n) is 5.88. The summed E-state index contributed by atoms with van der Waals surface area (Å²) in [6, 6.07) is 8.21. The van der Waals surface area contributed by atoms with E-state index in [2.05, 4.69) is 0 Å². The number of carbonyl (C=O) groups excluding carboxylic acids is 1. The molecule has 5 heteroatoms. The van der Waals surface area contributed by atoms with Gasteiger partial charge in [0.15, 0.2) is 5.78 Å². The maximum atomic E-state index is 12.9. The van der Waals surface area contributed by atoms with Gasteiger partial charge in [0.1, 0.15) is 29.8 Å². The number of hydrogen-bond donors (Lipinski definition) is 0. The standard InChI is InChI=1S/C15H11F3O2/c16-11-3-1-10(2-4-11)5-14(19)9-20-15-7-12(17)6-13(18)8-15/h1-4,6-8H,5,9H2. The van der Waals surface area contributed by atoms with Crippen molar-refractivity contribution in [2.24, 2.45) is 0 Å². The van der Waals surface area contributed by atoms with E-state index in [9.17, 15) is 18.0 Å². The quantitative estimate of drug-likeness (QED) is 0.840. The molecule has 0 atom stereocenters. The normalized spacial score (nSPS) is 10.3. The molecule has 0 radical (unpaired) electrons. The minimum absolute atomic E-state index is 0.0463. The Morgan fingerprint density at radius 1 is 0.900 bits per heavy atom. The number of ether oxygens (including phenoxy) is 1. The molecule has 20 heavy (non-hydrogen) atoms. The van der Waals surface area contributed by atoms with Crippen LogP contribution in [0.25, 0.3) is 0 Å². The molecule has 0 unspecified atom stereocenters. The second kappa shape index (κ2) is 6.23. The number of benzene rings is 2. The van der Waals surface area contributed by atoms with Crippen molar-refractivity contribution in [3.05, 3.63) is 65.5 Å². The molecule has 0 aliphatic rings. The van der Waals surface area contributed by atoms with Gasteiger partial charge in [0.2, 0.25) is 0 Å². The second-order valence-corrected chi connectivity index (χ2v) is 4.24. The Labute approximate surface area is 113 Å². The number of hydrogen-bond acceptors (Lipinski definition) is 2. The van der Waals surface area contributed by atoms with Gasteiger partial charge in [-0.3, -0.25) is 4.79 Å². The molecule has 2 aromatic carbocycles. The molecule has 0 aromatic heterocycles. The van der Waals surface area contributed by atoms with E-state index in [1.165, 1.54) is 24.3 Å². The van der Waals surface area contributed by atoms with Crippen molar-refractivity contribution in [1.29, 1.82) is 0 Å². The zero-order chi connectivity index (χ0) is 14.5. The molecule has 0 saturated heterocycles. The van der Waals surface area contributed by atoms with Crippen LogP contribution in [0.5, 0.6) is 5.75 Å². The third-order valence-electron chi connectivity index (χ3n) is 2.55. The number of carbonyl (C=O) groups is 1. The lowest BCUT2D eigenvalue weighted by atomic mass is 10.1. The number of halogens is 3. The van der Waals surface area contributed by atoms with Crippen LogP contribution in [0, 0.1) is 17.5 Å². The van der Waals surface area contributed by atoms with Crippen LogP contribution in [-0.4, -0.2) is 12.4 Å². The fraction of sp³-hybridized carbons (Fsp3) is 0.133. The largest absolute Gasteiger partial charge is 0.486 e. The van der Waals surface area contributed by atoms with Gasteiger partial charge in [0.05, 0.1) is 0 Å². The topological polar surface area (TPSA) is 26.3 Å². The molecule has 0 saturated carbocycles. The van der Waals surface area contributed by atoms with Crippen molar-refractivity contribution in [2.75, 3.05) is 6.61 Å². The van der Waals surface area contributed by atoms with Crippen molar-refractivity contribution in [3.63, 3.8) is 0 Å². The summed E-state index contributed by atoms with van der Waals surface area (Å²) in [5.74, 6) is -2.25. The molecule has 2 aromatic rings. The van der Waals surface area contributed by atoms with E-state index < -0.39 is 11.6 Å². The highest BCUT2D eigenvalue weighted by Gasteiger charge is 2.07. The van der Waals surface area contributed by atoms with E-state index in [4.69, 9.17) is 4.74 Å². The van der Waals surface area contributed by atoms with Crippen LogP contribution in [0.1, 0.15) is 5.56 Å². The average molecular weight is 280 g/mol. The van der Waals surface area contributed by atoms with Crippen LogP contribution in [0.3, 0.4) is 0 Å². The Balaban J connectivity index is 1.90. The van der Waals surface area contributed by atoms with Gasteiger partial charge in [0.25, 0.3) is 0 Å². The maximum Gasteiger partial charge on any atom is 0.174 e. The Bertz CT molecular complexity index is 589. The predicted octanol–water partition coefficient (Wildman–Crippen LogP) is 3.29. The van der Waals surface area contributed by atoms with Crippen molar-refractivity contribution in [2.45, 2.75) is 6.42 Å². The summed E-state index contributed by atoms with van der Waals surface area (Å²) in [7, 11) is 0. The molecular weight excluding hydrogens is 269 g/mol. The lowest BCUT2D eigenvalue weighted by Crippen LogP contribution is -2.14. The summed E-state index contributed by atoms with van der Waals surface area (Å²) in [5, 5.41) is 0. The van der Waals surface area contributed by atoms with Gasteiger partial charge in [-0.2, -0.15) is 0 Å². The van der Waals surface area contributed by atoms with Crippen LogP contribution in [0.4, 0.5) is 13.2 Å².